The summed E-state index contributed by atoms with van der Waals surface area (Å²) in [7, 11) is 0. The van der Waals surface area contributed by atoms with Crippen LogP contribution in [-0.4, -0.2) is 25.2 Å². The molecule has 0 bridgehead atoms. The fourth-order valence-corrected chi connectivity index (χ4v) is 4.46. The molecule has 2 aromatic carbocycles. The van der Waals surface area contributed by atoms with Crippen molar-refractivity contribution in [3.8, 4) is 11.5 Å². The van der Waals surface area contributed by atoms with Crippen molar-refractivity contribution < 1.29 is 23.8 Å². The van der Waals surface area contributed by atoms with Gasteiger partial charge in [-0.15, -0.1) is 0 Å². The van der Waals surface area contributed by atoms with Gasteiger partial charge in [0.2, 0.25) is 0 Å². The van der Waals surface area contributed by atoms with Crippen molar-refractivity contribution in [1.29, 1.82) is 0 Å². The highest BCUT2D eigenvalue weighted by Gasteiger charge is 2.21. The highest BCUT2D eigenvalue weighted by atomic mass is 35.5. The number of para-hydroxylation sites is 1. The van der Waals surface area contributed by atoms with Crippen LogP contribution in [0.15, 0.2) is 42.5 Å². The van der Waals surface area contributed by atoms with E-state index in [4.69, 9.17) is 25.8 Å². The minimum atomic E-state index is -0.655. The van der Waals surface area contributed by atoms with Gasteiger partial charge in [0.25, 0.3) is 0 Å². The smallest absolute Gasteiger partial charge is 0.345 e. The van der Waals surface area contributed by atoms with Crippen LogP contribution in [0.2, 0.25) is 5.02 Å². The minimum absolute atomic E-state index is 0.135. The van der Waals surface area contributed by atoms with Crippen LogP contribution in [0.4, 0.5) is 0 Å². The molecule has 0 unspecified atom stereocenters. The van der Waals surface area contributed by atoms with E-state index in [1.807, 2.05) is 13.8 Å². The standard InChI is InChI=1S/C33H47ClO5/c1-4-6-7-8-9-10-11-12-13-14-15-18-24-37-30-23-19-21-28(31(30)34)33(36)39-29-22-17-16-20-27(29)32(35)38-25-26(3)5-2/h16-17,19-23,26H,4-15,18,24-25H2,1-3H3/t26-/m0/s1. The van der Waals surface area contributed by atoms with Gasteiger partial charge in [0.15, 0.2) is 0 Å². The molecule has 1 atom stereocenters. The molecule has 0 saturated carbocycles. The molecule has 0 spiro atoms. The number of hydrogen-bond donors (Lipinski definition) is 0. The van der Waals surface area contributed by atoms with Crippen molar-refractivity contribution in [2.75, 3.05) is 13.2 Å². The zero-order valence-corrected chi connectivity index (χ0v) is 24.9. The Bertz CT molecular complexity index is 990. The molecule has 0 amide bonds. The summed E-state index contributed by atoms with van der Waals surface area (Å²) in [5.41, 5.74) is 0.385. The van der Waals surface area contributed by atoms with Gasteiger partial charge < -0.3 is 14.2 Å². The van der Waals surface area contributed by atoms with Crippen LogP contribution >= 0.6 is 11.6 Å². The molecule has 0 aliphatic heterocycles. The highest BCUT2D eigenvalue weighted by molar-refractivity contribution is 6.35. The number of carbonyl (C=O) groups excluding carboxylic acids is 2. The van der Waals surface area contributed by atoms with Crippen LogP contribution < -0.4 is 9.47 Å². The third-order valence-electron chi connectivity index (χ3n) is 6.94. The first kappa shape index (κ1) is 32.7. The van der Waals surface area contributed by atoms with Crippen molar-refractivity contribution in [3.05, 3.63) is 58.6 Å². The lowest BCUT2D eigenvalue weighted by Crippen LogP contribution is -2.15. The molecule has 2 rings (SSSR count). The fraction of sp³-hybridized carbons (Fsp3) is 0.576. The van der Waals surface area contributed by atoms with Crippen LogP contribution in [-0.2, 0) is 4.74 Å². The molecular formula is C33H47ClO5. The second kappa shape index (κ2) is 19.5. The molecule has 0 aliphatic rings. The normalized spacial score (nSPS) is 11.7. The van der Waals surface area contributed by atoms with E-state index in [0.29, 0.717) is 19.0 Å². The molecule has 6 heteroatoms. The van der Waals surface area contributed by atoms with Crippen LogP contribution in [0.1, 0.15) is 125 Å². The first-order valence-corrected chi connectivity index (χ1v) is 15.2. The quantitative estimate of drug-likeness (QED) is 0.0918. The third kappa shape index (κ3) is 12.5. The first-order valence-electron chi connectivity index (χ1n) is 14.9. The summed E-state index contributed by atoms with van der Waals surface area (Å²) in [6.45, 7) is 7.15. The molecule has 0 heterocycles. The Balaban J connectivity index is 1.77. The SMILES string of the molecule is CCCCCCCCCCCCCCOc1cccc(C(=O)Oc2ccccc2C(=O)OC[C@@H](C)CC)c1Cl. The Morgan fingerprint density at radius 1 is 0.718 bits per heavy atom. The monoisotopic (exact) mass is 558 g/mol. The van der Waals surface area contributed by atoms with E-state index in [2.05, 4.69) is 6.92 Å². The molecule has 5 nitrogen and oxygen atoms in total. The second-order valence-electron chi connectivity index (χ2n) is 10.4. The van der Waals surface area contributed by atoms with Crippen LogP contribution in [0.3, 0.4) is 0 Å². The van der Waals surface area contributed by atoms with Crippen molar-refractivity contribution in [1.82, 2.24) is 0 Å². The average Bonchev–Trinajstić information content (AvgIpc) is 2.95. The largest absolute Gasteiger partial charge is 0.492 e. The van der Waals surface area contributed by atoms with Crippen LogP contribution in [0.5, 0.6) is 11.5 Å². The summed E-state index contributed by atoms with van der Waals surface area (Å²) in [6, 6.07) is 11.6. The van der Waals surface area contributed by atoms with Gasteiger partial charge in [-0.25, -0.2) is 9.59 Å². The van der Waals surface area contributed by atoms with E-state index in [9.17, 15) is 9.59 Å². The Labute approximate surface area is 240 Å². The van der Waals surface area contributed by atoms with Crippen molar-refractivity contribution in [2.24, 2.45) is 5.92 Å². The van der Waals surface area contributed by atoms with Gasteiger partial charge >= 0.3 is 11.9 Å². The number of rotatable bonds is 20. The van der Waals surface area contributed by atoms with Crippen molar-refractivity contribution >= 4 is 23.5 Å². The number of carbonyl (C=O) groups is 2. The Morgan fingerprint density at radius 3 is 1.92 bits per heavy atom. The molecule has 0 N–H and O–H groups in total. The Kier molecular flexibility index (Phi) is 16.4. The summed E-state index contributed by atoms with van der Waals surface area (Å²) in [4.78, 5) is 25.5. The van der Waals surface area contributed by atoms with E-state index in [1.54, 1.807) is 42.5 Å². The fourth-order valence-electron chi connectivity index (χ4n) is 4.20. The predicted molar refractivity (Wildman–Crippen MR) is 159 cm³/mol. The molecule has 216 valence electrons. The van der Waals surface area contributed by atoms with Gasteiger partial charge in [-0.1, -0.05) is 128 Å². The number of esters is 2. The summed E-state index contributed by atoms with van der Waals surface area (Å²) in [5.74, 6) is -0.339. The van der Waals surface area contributed by atoms with Crippen LogP contribution in [0, 0.1) is 5.92 Å². The lowest BCUT2D eigenvalue weighted by atomic mass is 10.1. The van der Waals surface area contributed by atoms with Gasteiger partial charge in [0.1, 0.15) is 17.1 Å². The summed E-state index contributed by atoms with van der Waals surface area (Å²) in [6.07, 6.45) is 16.2. The van der Waals surface area contributed by atoms with E-state index in [-0.39, 0.29) is 27.8 Å². The van der Waals surface area contributed by atoms with Crippen LogP contribution in [0.25, 0.3) is 0 Å². The van der Waals surface area contributed by atoms with Gasteiger partial charge in [0, 0.05) is 0 Å². The van der Waals surface area contributed by atoms with E-state index in [0.717, 1.165) is 19.3 Å². The number of ether oxygens (including phenoxy) is 3. The topological polar surface area (TPSA) is 61.8 Å². The van der Waals surface area contributed by atoms with Crippen molar-refractivity contribution in [2.45, 2.75) is 104 Å². The summed E-state index contributed by atoms with van der Waals surface area (Å²) >= 11 is 6.51. The summed E-state index contributed by atoms with van der Waals surface area (Å²) < 4.78 is 16.8. The molecule has 0 aliphatic carbocycles. The molecule has 0 radical (unpaired) electrons. The lowest BCUT2D eigenvalue weighted by molar-refractivity contribution is 0.0442. The maximum Gasteiger partial charge on any atom is 0.345 e. The van der Waals surface area contributed by atoms with E-state index < -0.39 is 11.9 Å². The first-order chi connectivity index (χ1) is 19.0. The number of halogens is 1. The molecule has 0 saturated heterocycles. The van der Waals surface area contributed by atoms with Gasteiger partial charge in [0.05, 0.1) is 23.8 Å². The minimum Gasteiger partial charge on any atom is -0.492 e. The average molecular weight is 559 g/mol. The molecule has 39 heavy (non-hydrogen) atoms. The lowest BCUT2D eigenvalue weighted by Gasteiger charge is -2.13. The molecule has 2 aromatic rings. The highest BCUT2D eigenvalue weighted by Crippen LogP contribution is 2.30. The van der Waals surface area contributed by atoms with Gasteiger partial charge in [-0.2, -0.15) is 0 Å². The zero-order chi connectivity index (χ0) is 28.3. The van der Waals surface area contributed by atoms with E-state index >= 15 is 0 Å². The number of hydrogen-bond acceptors (Lipinski definition) is 5. The maximum absolute atomic E-state index is 12.9. The van der Waals surface area contributed by atoms with E-state index in [1.165, 1.54) is 64.2 Å². The molecular weight excluding hydrogens is 512 g/mol. The number of benzene rings is 2. The predicted octanol–water partition coefficient (Wildman–Crippen LogP) is 9.84. The second-order valence-corrected chi connectivity index (χ2v) is 10.7. The number of unbranched alkanes of at least 4 members (excludes halogenated alkanes) is 11. The maximum atomic E-state index is 12.9. The molecule has 0 aromatic heterocycles. The van der Waals surface area contributed by atoms with Gasteiger partial charge in [-0.05, 0) is 36.6 Å². The third-order valence-corrected chi connectivity index (χ3v) is 7.33. The van der Waals surface area contributed by atoms with Crippen molar-refractivity contribution in [3.63, 3.8) is 0 Å². The zero-order valence-electron chi connectivity index (χ0n) is 24.1. The Hall–Kier alpha value is -2.53. The summed E-state index contributed by atoms with van der Waals surface area (Å²) in [5, 5.41) is 0.207. The Morgan fingerprint density at radius 2 is 1.28 bits per heavy atom. The molecule has 0 fully saturated rings. The van der Waals surface area contributed by atoms with Gasteiger partial charge in [-0.3, -0.25) is 0 Å².